The van der Waals surface area contributed by atoms with Crippen LogP contribution in [0.5, 0.6) is 0 Å². The summed E-state index contributed by atoms with van der Waals surface area (Å²) in [6.07, 6.45) is 8.69. The van der Waals surface area contributed by atoms with Crippen molar-refractivity contribution in [3.05, 3.63) is 54.6 Å². The third kappa shape index (κ3) is 5.18. The van der Waals surface area contributed by atoms with E-state index in [1.165, 1.54) is 0 Å². The van der Waals surface area contributed by atoms with Gasteiger partial charge in [0.25, 0.3) is 5.91 Å². The third-order valence-electron chi connectivity index (χ3n) is 3.36. The smallest absolute Gasteiger partial charge is 0.252 e. The van der Waals surface area contributed by atoms with E-state index in [0.717, 1.165) is 12.8 Å². The molecule has 120 valence electrons. The van der Waals surface area contributed by atoms with Gasteiger partial charge in [-0.15, -0.1) is 0 Å². The van der Waals surface area contributed by atoms with Gasteiger partial charge in [-0.3, -0.25) is 19.6 Å². The minimum atomic E-state index is -0.580. The summed E-state index contributed by atoms with van der Waals surface area (Å²) >= 11 is 0. The van der Waals surface area contributed by atoms with Crippen molar-refractivity contribution in [3.8, 4) is 0 Å². The molecule has 0 bridgehead atoms. The monoisotopic (exact) mass is 312 g/mol. The van der Waals surface area contributed by atoms with Gasteiger partial charge in [-0.1, -0.05) is 19.8 Å². The highest BCUT2D eigenvalue weighted by molar-refractivity contribution is 6.01. The molecule has 1 atom stereocenters. The van der Waals surface area contributed by atoms with Crippen LogP contribution in [0.25, 0.3) is 0 Å². The number of nitrogens with zero attached hydrogens (tertiary/aromatic N) is 2. The molecule has 2 N–H and O–H groups in total. The number of carbonyl (C=O) groups excluding carboxylic acids is 2. The lowest BCUT2D eigenvalue weighted by Gasteiger charge is -2.18. The summed E-state index contributed by atoms with van der Waals surface area (Å²) < 4.78 is 0. The first-order valence-corrected chi connectivity index (χ1v) is 7.62. The molecule has 0 aliphatic heterocycles. The van der Waals surface area contributed by atoms with Crippen molar-refractivity contribution >= 4 is 17.5 Å². The van der Waals surface area contributed by atoms with Gasteiger partial charge in [-0.2, -0.15) is 0 Å². The standard InChI is InChI=1S/C17H20N4O2/c1-2-3-4-15(17(23)20-14-7-11-19-12-8-14)21-16(22)13-5-9-18-10-6-13/h5-12,15H,2-4H2,1H3,(H,21,22)(H,19,20,23)/t15-/m0/s1. The first-order valence-electron chi connectivity index (χ1n) is 7.62. The van der Waals surface area contributed by atoms with E-state index < -0.39 is 6.04 Å². The molecule has 0 radical (unpaired) electrons. The van der Waals surface area contributed by atoms with Crippen LogP contribution < -0.4 is 10.6 Å². The van der Waals surface area contributed by atoms with Gasteiger partial charge in [0.2, 0.25) is 5.91 Å². The summed E-state index contributed by atoms with van der Waals surface area (Å²) in [5.41, 5.74) is 1.14. The molecule has 6 heteroatoms. The molecule has 0 aliphatic rings. The van der Waals surface area contributed by atoms with Gasteiger partial charge in [0.1, 0.15) is 6.04 Å². The number of aromatic nitrogens is 2. The molecular formula is C17H20N4O2. The Morgan fingerprint density at radius 2 is 1.65 bits per heavy atom. The Bertz CT molecular complexity index is 632. The molecule has 2 heterocycles. The quantitative estimate of drug-likeness (QED) is 0.822. The van der Waals surface area contributed by atoms with E-state index in [-0.39, 0.29) is 11.8 Å². The fourth-order valence-corrected chi connectivity index (χ4v) is 2.09. The molecule has 0 saturated carbocycles. The van der Waals surface area contributed by atoms with E-state index in [4.69, 9.17) is 0 Å². The number of carbonyl (C=O) groups is 2. The van der Waals surface area contributed by atoms with Gasteiger partial charge >= 0.3 is 0 Å². The number of hydrogen-bond acceptors (Lipinski definition) is 4. The zero-order chi connectivity index (χ0) is 16.5. The number of unbranched alkanes of at least 4 members (excludes halogenated alkanes) is 1. The first kappa shape index (κ1) is 16.6. The van der Waals surface area contributed by atoms with E-state index in [0.29, 0.717) is 17.7 Å². The average Bonchev–Trinajstić information content (AvgIpc) is 2.60. The van der Waals surface area contributed by atoms with Crippen LogP contribution in [0.3, 0.4) is 0 Å². The van der Waals surface area contributed by atoms with E-state index >= 15 is 0 Å². The summed E-state index contributed by atoms with van der Waals surface area (Å²) in [5, 5.41) is 5.60. The summed E-state index contributed by atoms with van der Waals surface area (Å²) in [6.45, 7) is 2.04. The minimum absolute atomic E-state index is 0.230. The van der Waals surface area contributed by atoms with Crippen molar-refractivity contribution in [2.45, 2.75) is 32.2 Å². The lowest BCUT2D eigenvalue weighted by Crippen LogP contribution is -2.43. The van der Waals surface area contributed by atoms with Crippen molar-refractivity contribution in [2.24, 2.45) is 0 Å². The zero-order valence-electron chi connectivity index (χ0n) is 13.0. The van der Waals surface area contributed by atoms with Crippen LogP contribution in [-0.4, -0.2) is 27.8 Å². The van der Waals surface area contributed by atoms with Crippen molar-refractivity contribution < 1.29 is 9.59 Å². The highest BCUT2D eigenvalue weighted by atomic mass is 16.2. The predicted octanol–water partition coefficient (Wildman–Crippen LogP) is 2.40. The topological polar surface area (TPSA) is 84.0 Å². The molecule has 2 rings (SSSR count). The molecular weight excluding hydrogens is 292 g/mol. The van der Waals surface area contributed by atoms with Crippen molar-refractivity contribution in [1.29, 1.82) is 0 Å². The van der Waals surface area contributed by atoms with Crippen LogP contribution in [0.1, 0.15) is 36.5 Å². The van der Waals surface area contributed by atoms with Crippen molar-refractivity contribution in [3.63, 3.8) is 0 Å². The van der Waals surface area contributed by atoms with Crippen LogP contribution in [0.15, 0.2) is 49.1 Å². The van der Waals surface area contributed by atoms with Gasteiger partial charge in [0.05, 0.1) is 0 Å². The van der Waals surface area contributed by atoms with Crippen molar-refractivity contribution in [1.82, 2.24) is 15.3 Å². The predicted molar refractivity (Wildman–Crippen MR) is 87.9 cm³/mol. The van der Waals surface area contributed by atoms with E-state index in [9.17, 15) is 9.59 Å². The molecule has 23 heavy (non-hydrogen) atoms. The molecule has 0 aliphatic carbocycles. The minimum Gasteiger partial charge on any atom is -0.340 e. The lowest BCUT2D eigenvalue weighted by molar-refractivity contribution is -0.118. The SMILES string of the molecule is CCCC[C@H](NC(=O)c1ccncc1)C(=O)Nc1ccncc1. The highest BCUT2D eigenvalue weighted by Gasteiger charge is 2.21. The largest absolute Gasteiger partial charge is 0.340 e. The fraction of sp³-hybridized carbons (Fsp3) is 0.294. The molecule has 0 spiro atoms. The highest BCUT2D eigenvalue weighted by Crippen LogP contribution is 2.08. The van der Waals surface area contributed by atoms with Crippen LogP contribution in [-0.2, 0) is 4.79 Å². The van der Waals surface area contributed by atoms with Crippen LogP contribution in [0.2, 0.25) is 0 Å². The average molecular weight is 312 g/mol. The van der Waals surface area contributed by atoms with E-state index in [2.05, 4.69) is 20.6 Å². The first-order chi connectivity index (χ1) is 11.2. The number of pyridine rings is 2. The maximum atomic E-state index is 12.4. The zero-order valence-corrected chi connectivity index (χ0v) is 13.0. The lowest BCUT2D eigenvalue weighted by atomic mass is 10.1. The van der Waals surface area contributed by atoms with Gasteiger partial charge < -0.3 is 10.6 Å². The number of rotatable bonds is 7. The van der Waals surface area contributed by atoms with E-state index in [1.54, 1.807) is 49.1 Å². The molecule has 2 amide bonds. The third-order valence-corrected chi connectivity index (χ3v) is 3.36. The van der Waals surface area contributed by atoms with Crippen molar-refractivity contribution in [2.75, 3.05) is 5.32 Å². The van der Waals surface area contributed by atoms with Crippen LogP contribution in [0, 0.1) is 0 Å². The second-order valence-corrected chi connectivity index (χ2v) is 5.13. The Kier molecular flexibility index (Phi) is 6.23. The van der Waals surface area contributed by atoms with E-state index in [1.807, 2.05) is 6.92 Å². The number of amides is 2. The number of hydrogen-bond donors (Lipinski definition) is 2. The molecule has 2 aromatic rings. The second-order valence-electron chi connectivity index (χ2n) is 5.13. The molecule has 0 unspecified atom stereocenters. The number of nitrogens with one attached hydrogen (secondary N) is 2. The Labute approximate surface area is 135 Å². The maximum Gasteiger partial charge on any atom is 0.252 e. The Morgan fingerprint density at radius 1 is 1.04 bits per heavy atom. The Balaban J connectivity index is 2.04. The maximum absolute atomic E-state index is 12.4. The molecule has 0 saturated heterocycles. The van der Waals surface area contributed by atoms with Gasteiger partial charge in [0, 0.05) is 36.0 Å². The Morgan fingerprint density at radius 3 is 2.26 bits per heavy atom. The number of anilines is 1. The summed E-state index contributed by atoms with van der Waals surface area (Å²) in [4.78, 5) is 32.5. The molecule has 0 fully saturated rings. The summed E-state index contributed by atoms with van der Waals surface area (Å²) in [7, 11) is 0. The Hall–Kier alpha value is -2.76. The van der Waals surface area contributed by atoms with Gasteiger partial charge in [0.15, 0.2) is 0 Å². The van der Waals surface area contributed by atoms with Crippen LogP contribution >= 0.6 is 0 Å². The molecule has 0 aromatic carbocycles. The summed E-state index contributed by atoms with van der Waals surface area (Å²) in [5.74, 6) is -0.509. The second kappa shape index (κ2) is 8.63. The fourth-order valence-electron chi connectivity index (χ4n) is 2.09. The normalized spacial score (nSPS) is 11.5. The summed E-state index contributed by atoms with van der Waals surface area (Å²) in [6, 6.07) is 6.07. The van der Waals surface area contributed by atoms with Gasteiger partial charge in [-0.25, -0.2) is 0 Å². The molecule has 2 aromatic heterocycles. The molecule has 6 nitrogen and oxygen atoms in total. The van der Waals surface area contributed by atoms with Crippen LogP contribution in [0.4, 0.5) is 5.69 Å². The van der Waals surface area contributed by atoms with Gasteiger partial charge in [-0.05, 0) is 30.7 Å².